The van der Waals surface area contributed by atoms with E-state index in [4.69, 9.17) is 5.11 Å². The van der Waals surface area contributed by atoms with E-state index in [1.165, 1.54) is 53.0 Å². The van der Waals surface area contributed by atoms with E-state index in [-0.39, 0.29) is 31.6 Å². The van der Waals surface area contributed by atoms with Crippen molar-refractivity contribution in [2.24, 2.45) is 0 Å². The van der Waals surface area contributed by atoms with Crippen LogP contribution in [0.2, 0.25) is 0 Å². The summed E-state index contributed by atoms with van der Waals surface area (Å²) in [6.07, 6.45) is 3.01. The second-order valence-electron chi connectivity index (χ2n) is 6.23. The van der Waals surface area contributed by atoms with Crippen LogP contribution in [0.4, 0.5) is 0 Å². The number of pyridine rings is 1. The van der Waals surface area contributed by atoms with Gasteiger partial charge in [0, 0.05) is 38.1 Å². The maximum absolute atomic E-state index is 10.0. The van der Waals surface area contributed by atoms with E-state index in [2.05, 4.69) is 48.3 Å². The van der Waals surface area contributed by atoms with Crippen LogP contribution in [0.3, 0.4) is 0 Å². The third-order valence-electron chi connectivity index (χ3n) is 4.20. The summed E-state index contributed by atoms with van der Waals surface area (Å²) < 4.78 is 0. The number of allylic oxidation sites excluding steroid dienone is 3. The summed E-state index contributed by atoms with van der Waals surface area (Å²) in [6, 6.07) is 20.0. The molecule has 0 atom stereocenters. The van der Waals surface area contributed by atoms with Crippen molar-refractivity contribution in [2.75, 3.05) is 0 Å². The van der Waals surface area contributed by atoms with Crippen molar-refractivity contribution in [3.63, 3.8) is 0 Å². The van der Waals surface area contributed by atoms with Crippen LogP contribution in [0.1, 0.15) is 37.6 Å². The average molecular weight is 535 g/mol. The second kappa shape index (κ2) is 8.90. The van der Waals surface area contributed by atoms with Gasteiger partial charge >= 0.3 is 0 Å². The molecule has 2 aromatic carbocycles. The Morgan fingerprint density at radius 3 is 2.48 bits per heavy atom. The Balaban J connectivity index is 0.000000285. The van der Waals surface area contributed by atoms with Gasteiger partial charge in [0.25, 0.3) is 0 Å². The van der Waals surface area contributed by atoms with E-state index in [1.54, 1.807) is 0 Å². The number of rotatable bonds is 2. The third-order valence-corrected chi connectivity index (χ3v) is 4.20. The van der Waals surface area contributed by atoms with Gasteiger partial charge in [0.05, 0.1) is 5.76 Å². The van der Waals surface area contributed by atoms with Gasteiger partial charge in [0.1, 0.15) is 0 Å². The minimum absolute atomic E-state index is 0. The zero-order valence-corrected chi connectivity index (χ0v) is 17.8. The maximum atomic E-state index is 10.0. The molecule has 0 saturated carbocycles. The van der Waals surface area contributed by atoms with Crippen molar-refractivity contribution in [3.8, 4) is 0 Å². The third kappa shape index (κ3) is 4.41. The van der Waals surface area contributed by atoms with Gasteiger partial charge in [0.2, 0.25) is 0 Å². The first-order valence-corrected chi connectivity index (χ1v) is 8.43. The van der Waals surface area contributed by atoms with Crippen LogP contribution in [0, 0.1) is 6.07 Å². The zero-order valence-electron chi connectivity index (χ0n) is 15.4. The van der Waals surface area contributed by atoms with Gasteiger partial charge in [-0.05, 0) is 32.9 Å². The molecule has 1 aliphatic carbocycles. The number of aliphatic hydroxyl groups is 1. The molecular formula is C23H20IrNO2-. The van der Waals surface area contributed by atoms with Crippen molar-refractivity contribution in [2.45, 2.75) is 20.8 Å². The molecule has 3 aromatic rings. The SMILES string of the molecule is CC(=O)/C=C(/C)O.CC1=C(c2ccccn2)c2[c-]ccc3cccc1c23.[Ir]. The van der Waals surface area contributed by atoms with Gasteiger partial charge in [-0.2, -0.15) is 0 Å². The molecule has 0 bridgehead atoms. The van der Waals surface area contributed by atoms with Gasteiger partial charge in [-0.15, -0.1) is 29.1 Å². The van der Waals surface area contributed by atoms with E-state index in [0.29, 0.717) is 0 Å². The van der Waals surface area contributed by atoms with Crippen molar-refractivity contribution in [1.82, 2.24) is 4.98 Å². The van der Waals surface area contributed by atoms with Crippen LogP contribution in [-0.4, -0.2) is 15.9 Å². The molecule has 3 nitrogen and oxygen atoms in total. The van der Waals surface area contributed by atoms with Gasteiger partial charge in [0.15, 0.2) is 5.78 Å². The molecule has 0 saturated heterocycles. The Morgan fingerprint density at radius 2 is 1.89 bits per heavy atom. The molecule has 0 unspecified atom stereocenters. The molecule has 0 spiro atoms. The normalized spacial score (nSPS) is 12.3. The summed E-state index contributed by atoms with van der Waals surface area (Å²) in [5.74, 6) is -0.0625. The van der Waals surface area contributed by atoms with Crippen LogP contribution >= 0.6 is 0 Å². The largest absolute Gasteiger partial charge is 0.512 e. The van der Waals surface area contributed by atoms with Crippen LogP contribution in [0.25, 0.3) is 21.9 Å². The van der Waals surface area contributed by atoms with E-state index in [1.807, 2.05) is 24.4 Å². The molecule has 0 amide bonds. The van der Waals surface area contributed by atoms with E-state index in [9.17, 15) is 4.79 Å². The Labute approximate surface area is 172 Å². The van der Waals surface area contributed by atoms with E-state index >= 15 is 0 Å². The molecule has 1 radical (unpaired) electrons. The second-order valence-corrected chi connectivity index (χ2v) is 6.23. The molecule has 4 heteroatoms. The van der Waals surface area contributed by atoms with Gasteiger partial charge in [-0.25, -0.2) is 0 Å². The van der Waals surface area contributed by atoms with Gasteiger partial charge in [-0.3, -0.25) is 9.78 Å². The predicted molar refractivity (Wildman–Crippen MR) is 106 cm³/mol. The van der Waals surface area contributed by atoms with Crippen LogP contribution in [0.15, 0.2) is 66.6 Å². The smallest absolute Gasteiger partial charge is 0.155 e. The van der Waals surface area contributed by atoms with Crippen molar-refractivity contribution < 1.29 is 30.0 Å². The molecule has 0 fully saturated rings. The zero-order chi connectivity index (χ0) is 18.7. The van der Waals surface area contributed by atoms with Crippen LogP contribution in [0.5, 0.6) is 0 Å². The predicted octanol–water partition coefficient (Wildman–Crippen LogP) is 5.36. The average Bonchev–Trinajstić information content (AvgIpc) is 2.90. The topological polar surface area (TPSA) is 50.2 Å². The van der Waals surface area contributed by atoms with Gasteiger partial charge in [-0.1, -0.05) is 46.4 Å². The quantitative estimate of drug-likeness (QED) is 0.274. The molecule has 1 aliphatic rings. The van der Waals surface area contributed by atoms with Crippen molar-refractivity contribution in [3.05, 3.63) is 89.5 Å². The molecular weight excluding hydrogens is 514 g/mol. The summed E-state index contributed by atoms with van der Waals surface area (Å²) in [6.45, 7) is 5.02. The summed E-state index contributed by atoms with van der Waals surface area (Å²) in [5, 5.41) is 10.9. The number of hydrogen-bond acceptors (Lipinski definition) is 3. The molecule has 27 heavy (non-hydrogen) atoms. The van der Waals surface area contributed by atoms with E-state index < -0.39 is 0 Å². The molecule has 139 valence electrons. The summed E-state index contributed by atoms with van der Waals surface area (Å²) in [4.78, 5) is 14.5. The van der Waals surface area contributed by atoms with E-state index in [0.717, 1.165) is 5.69 Å². The minimum Gasteiger partial charge on any atom is -0.512 e. The first kappa shape index (κ1) is 20.8. The van der Waals surface area contributed by atoms with Crippen LogP contribution < -0.4 is 0 Å². The number of carbonyl (C=O) groups excluding carboxylic acids is 1. The number of nitrogens with zero attached hydrogens (tertiary/aromatic N) is 1. The van der Waals surface area contributed by atoms with Crippen LogP contribution in [-0.2, 0) is 24.9 Å². The monoisotopic (exact) mass is 535 g/mol. The summed E-state index contributed by atoms with van der Waals surface area (Å²) >= 11 is 0. The van der Waals surface area contributed by atoms with Gasteiger partial charge < -0.3 is 5.11 Å². The van der Waals surface area contributed by atoms with Crippen molar-refractivity contribution >= 4 is 27.7 Å². The molecule has 4 rings (SSSR count). The minimum atomic E-state index is -0.125. The number of aromatic nitrogens is 1. The number of ketones is 1. The fraction of sp³-hybridized carbons (Fsp3) is 0.130. The van der Waals surface area contributed by atoms with Crippen molar-refractivity contribution in [1.29, 1.82) is 0 Å². The Hall–Kier alpha value is -2.55. The molecule has 1 heterocycles. The summed E-state index contributed by atoms with van der Waals surface area (Å²) in [5.41, 5.74) is 6.03. The molecule has 0 aliphatic heterocycles. The number of hydrogen-bond donors (Lipinski definition) is 1. The summed E-state index contributed by atoms with van der Waals surface area (Å²) in [7, 11) is 0. The number of carbonyl (C=O) groups is 1. The Kier molecular flexibility index (Phi) is 6.84. The molecule has 1 aromatic heterocycles. The number of aliphatic hydroxyl groups excluding tert-OH is 1. The molecule has 1 N–H and O–H groups in total. The first-order chi connectivity index (χ1) is 12.5. The fourth-order valence-electron chi connectivity index (χ4n) is 3.23. The standard InChI is InChI=1S/C18H12N.C5H8O2.Ir/c1-12-14-8-4-6-13-7-5-9-15(18(13)14)17(12)16-10-2-3-11-19-16;1-4(6)3-5(2)7;/h2-8,10-11H,1H3;3,6H,1-2H3;/q-1;;/b;4-3-;. The Bertz CT molecular complexity index is 1030. The fourth-order valence-corrected chi connectivity index (χ4v) is 3.23. The Morgan fingerprint density at radius 1 is 1.11 bits per heavy atom. The number of benzene rings is 2. The first-order valence-electron chi connectivity index (χ1n) is 8.43. The maximum Gasteiger partial charge on any atom is 0.155 e.